The van der Waals surface area contributed by atoms with Gasteiger partial charge < -0.3 is 10.1 Å². The zero-order valence-corrected chi connectivity index (χ0v) is 10.8. The van der Waals surface area contributed by atoms with Crippen molar-refractivity contribution in [2.75, 3.05) is 5.32 Å². The standard InChI is InChI=1S/C15H13F2NO2/c1-10(20-12-5-3-2-4-6-12)15(19)18-14-8-7-11(16)9-13(14)17/h2-10H,1H3,(H,18,19)/t10-/m0/s1. The zero-order chi connectivity index (χ0) is 14.5. The van der Waals surface area contributed by atoms with Crippen LogP contribution in [0.1, 0.15) is 6.92 Å². The summed E-state index contributed by atoms with van der Waals surface area (Å²) in [7, 11) is 0. The molecule has 2 aromatic carbocycles. The van der Waals surface area contributed by atoms with Gasteiger partial charge in [-0.05, 0) is 31.2 Å². The number of hydrogen-bond acceptors (Lipinski definition) is 2. The van der Waals surface area contributed by atoms with E-state index in [2.05, 4.69) is 5.32 Å². The first-order valence-corrected chi connectivity index (χ1v) is 6.04. The van der Waals surface area contributed by atoms with Crippen molar-refractivity contribution in [3.63, 3.8) is 0 Å². The molecule has 0 aromatic heterocycles. The summed E-state index contributed by atoms with van der Waals surface area (Å²) in [6.07, 6.45) is -0.804. The summed E-state index contributed by atoms with van der Waals surface area (Å²) >= 11 is 0. The molecule has 20 heavy (non-hydrogen) atoms. The first-order chi connectivity index (χ1) is 9.56. The van der Waals surface area contributed by atoms with Gasteiger partial charge in [0.05, 0.1) is 5.69 Å². The predicted octanol–water partition coefficient (Wildman–Crippen LogP) is 3.37. The first kappa shape index (κ1) is 14.0. The number of anilines is 1. The van der Waals surface area contributed by atoms with E-state index < -0.39 is 23.6 Å². The molecule has 2 aromatic rings. The number of halogens is 2. The number of carbonyl (C=O) groups excluding carboxylic acids is 1. The van der Waals surface area contributed by atoms with Gasteiger partial charge in [0.15, 0.2) is 6.10 Å². The molecule has 1 N–H and O–H groups in total. The number of ether oxygens (including phenoxy) is 1. The maximum atomic E-state index is 13.4. The van der Waals surface area contributed by atoms with E-state index in [1.165, 1.54) is 0 Å². The Bertz CT molecular complexity index is 602. The van der Waals surface area contributed by atoms with Gasteiger partial charge in [0.1, 0.15) is 17.4 Å². The lowest BCUT2D eigenvalue weighted by molar-refractivity contribution is -0.122. The minimum atomic E-state index is -0.828. The van der Waals surface area contributed by atoms with Gasteiger partial charge in [-0.3, -0.25) is 4.79 Å². The summed E-state index contributed by atoms with van der Waals surface area (Å²) in [4.78, 5) is 11.9. The molecule has 3 nitrogen and oxygen atoms in total. The Morgan fingerprint density at radius 3 is 2.50 bits per heavy atom. The molecule has 2 rings (SSSR count). The minimum Gasteiger partial charge on any atom is -0.481 e. The van der Waals surface area contributed by atoms with Crippen LogP contribution in [0.4, 0.5) is 14.5 Å². The van der Waals surface area contributed by atoms with Crippen molar-refractivity contribution in [3.05, 3.63) is 60.2 Å². The second-order valence-electron chi connectivity index (χ2n) is 4.19. The van der Waals surface area contributed by atoms with Gasteiger partial charge >= 0.3 is 0 Å². The second kappa shape index (κ2) is 6.14. The molecule has 1 amide bonds. The van der Waals surface area contributed by atoms with Crippen LogP contribution in [0.15, 0.2) is 48.5 Å². The number of hydrogen-bond donors (Lipinski definition) is 1. The van der Waals surface area contributed by atoms with Gasteiger partial charge in [0.2, 0.25) is 0 Å². The summed E-state index contributed by atoms with van der Waals surface area (Å²) < 4.78 is 31.6. The molecule has 0 saturated carbocycles. The molecule has 0 fully saturated rings. The fourth-order valence-corrected chi connectivity index (χ4v) is 1.58. The van der Waals surface area contributed by atoms with Crippen molar-refractivity contribution in [3.8, 4) is 5.75 Å². The van der Waals surface area contributed by atoms with Crippen LogP contribution in [0.2, 0.25) is 0 Å². The summed E-state index contributed by atoms with van der Waals surface area (Å²) in [5, 5.41) is 2.35. The van der Waals surface area contributed by atoms with Crippen LogP contribution in [0.3, 0.4) is 0 Å². The molecule has 0 aliphatic rings. The highest BCUT2D eigenvalue weighted by molar-refractivity contribution is 5.94. The van der Waals surface area contributed by atoms with Crippen molar-refractivity contribution in [1.82, 2.24) is 0 Å². The van der Waals surface area contributed by atoms with Crippen LogP contribution in [0, 0.1) is 11.6 Å². The van der Waals surface area contributed by atoms with E-state index >= 15 is 0 Å². The monoisotopic (exact) mass is 277 g/mol. The lowest BCUT2D eigenvalue weighted by Gasteiger charge is -2.15. The Morgan fingerprint density at radius 2 is 1.85 bits per heavy atom. The van der Waals surface area contributed by atoms with Crippen LogP contribution in [-0.2, 0) is 4.79 Å². The van der Waals surface area contributed by atoms with Gasteiger partial charge in [-0.1, -0.05) is 18.2 Å². The molecule has 0 saturated heterocycles. The SMILES string of the molecule is C[C@H](Oc1ccccc1)C(=O)Nc1ccc(F)cc1F. The molecular formula is C15H13F2NO2. The first-order valence-electron chi connectivity index (χ1n) is 6.04. The van der Waals surface area contributed by atoms with Crippen molar-refractivity contribution in [2.45, 2.75) is 13.0 Å². The Labute approximate surface area is 115 Å². The van der Waals surface area contributed by atoms with Crippen LogP contribution >= 0.6 is 0 Å². The van der Waals surface area contributed by atoms with E-state index in [4.69, 9.17) is 4.74 Å². The number of benzene rings is 2. The van der Waals surface area contributed by atoms with Crippen molar-refractivity contribution >= 4 is 11.6 Å². The molecule has 0 aliphatic carbocycles. The van der Waals surface area contributed by atoms with Crippen LogP contribution in [0.5, 0.6) is 5.75 Å². The van der Waals surface area contributed by atoms with E-state index in [1.807, 2.05) is 6.07 Å². The average molecular weight is 277 g/mol. The topological polar surface area (TPSA) is 38.3 Å². The molecule has 0 heterocycles. The lowest BCUT2D eigenvalue weighted by Crippen LogP contribution is -2.30. The van der Waals surface area contributed by atoms with Crippen molar-refractivity contribution in [1.29, 1.82) is 0 Å². The fraction of sp³-hybridized carbons (Fsp3) is 0.133. The second-order valence-corrected chi connectivity index (χ2v) is 4.19. The molecule has 0 aliphatic heterocycles. The summed E-state index contributed by atoms with van der Waals surface area (Å²) in [5.74, 6) is -1.51. The van der Waals surface area contributed by atoms with E-state index in [0.29, 0.717) is 11.8 Å². The fourth-order valence-electron chi connectivity index (χ4n) is 1.58. The zero-order valence-electron chi connectivity index (χ0n) is 10.8. The summed E-state index contributed by atoms with van der Waals surface area (Å²) in [5.41, 5.74) is -0.0834. The molecule has 5 heteroatoms. The third-order valence-electron chi connectivity index (χ3n) is 2.61. The van der Waals surface area contributed by atoms with Crippen LogP contribution in [0.25, 0.3) is 0 Å². The maximum Gasteiger partial charge on any atom is 0.265 e. The van der Waals surface area contributed by atoms with E-state index in [1.54, 1.807) is 31.2 Å². The highest BCUT2D eigenvalue weighted by atomic mass is 19.1. The van der Waals surface area contributed by atoms with Crippen LogP contribution < -0.4 is 10.1 Å². The Morgan fingerprint density at radius 1 is 1.15 bits per heavy atom. The summed E-state index contributed by atoms with van der Waals surface area (Å²) in [6, 6.07) is 11.7. The predicted molar refractivity (Wildman–Crippen MR) is 71.5 cm³/mol. The van der Waals surface area contributed by atoms with E-state index in [0.717, 1.165) is 12.1 Å². The van der Waals surface area contributed by atoms with Crippen LogP contribution in [-0.4, -0.2) is 12.0 Å². The highest BCUT2D eigenvalue weighted by Crippen LogP contribution is 2.16. The molecule has 0 spiro atoms. The molecule has 104 valence electrons. The maximum absolute atomic E-state index is 13.4. The largest absolute Gasteiger partial charge is 0.481 e. The third-order valence-corrected chi connectivity index (χ3v) is 2.61. The van der Waals surface area contributed by atoms with Crippen molar-refractivity contribution < 1.29 is 18.3 Å². The summed E-state index contributed by atoms with van der Waals surface area (Å²) in [6.45, 7) is 1.55. The minimum absolute atomic E-state index is 0.0834. The number of carbonyl (C=O) groups is 1. The number of nitrogens with one attached hydrogen (secondary N) is 1. The van der Waals surface area contributed by atoms with Gasteiger partial charge in [-0.2, -0.15) is 0 Å². The average Bonchev–Trinajstić information content (AvgIpc) is 2.43. The quantitative estimate of drug-likeness (QED) is 0.930. The smallest absolute Gasteiger partial charge is 0.265 e. The normalized spacial score (nSPS) is 11.8. The molecule has 0 bridgehead atoms. The Hall–Kier alpha value is -2.43. The lowest BCUT2D eigenvalue weighted by atomic mass is 10.2. The Balaban J connectivity index is 2.01. The molecular weight excluding hydrogens is 264 g/mol. The number of rotatable bonds is 4. The van der Waals surface area contributed by atoms with E-state index in [-0.39, 0.29) is 5.69 Å². The van der Waals surface area contributed by atoms with Gasteiger partial charge in [0, 0.05) is 6.07 Å². The van der Waals surface area contributed by atoms with Gasteiger partial charge in [-0.15, -0.1) is 0 Å². The highest BCUT2D eigenvalue weighted by Gasteiger charge is 2.16. The molecule has 0 radical (unpaired) electrons. The van der Waals surface area contributed by atoms with Gasteiger partial charge in [-0.25, -0.2) is 8.78 Å². The van der Waals surface area contributed by atoms with E-state index in [9.17, 15) is 13.6 Å². The van der Waals surface area contributed by atoms with Gasteiger partial charge in [0.25, 0.3) is 5.91 Å². The van der Waals surface area contributed by atoms with Crippen molar-refractivity contribution in [2.24, 2.45) is 0 Å². The number of amides is 1. The molecule has 1 atom stereocenters. The number of para-hydroxylation sites is 1. The third kappa shape index (κ3) is 3.54. The Kier molecular flexibility index (Phi) is 4.30. The molecule has 0 unspecified atom stereocenters.